The molecule has 0 fully saturated rings. The number of carbonyl (C=O) groups is 1. The van der Waals surface area contributed by atoms with Crippen LogP contribution in [0.3, 0.4) is 0 Å². The molecule has 3 rings (SSSR count). The van der Waals surface area contributed by atoms with Gasteiger partial charge in [-0.15, -0.1) is 0 Å². The number of anilines is 1. The van der Waals surface area contributed by atoms with Gasteiger partial charge >= 0.3 is 0 Å². The number of benzene rings is 2. The van der Waals surface area contributed by atoms with Gasteiger partial charge in [-0.05, 0) is 48.5 Å². The summed E-state index contributed by atoms with van der Waals surface area (Å²) in [7, 11) is -3.56. The van der Waals surface area contributed by atoms with Crippen molar-refractivity contribution in [1.29, 1.82) is 0 Å². The van der Waals surface area contributed by atoms with E-state index in [-0.39, 0.29) is 27.2 Å². The highest BCUT2D eigenvalue weighted by Gasteiger charge is 2.16. The van der Waals surface area contributed by atoms with Gasteiger partial charge in [0.05, 0.1) is 21.8 Å². The molecule has 3 aromatic rings. The number of pyridine rings is 1. The lowest BCUT2D eigenvalue weighted by Crippen LogP contribution is -2.13. The summed E-state index contributed by atoms with van der Waals surface area (Å²) in [5.74, 6) is -0.217. The third kappa shape index (κ3) is 4.85. The second kappa shape index (κ2) is 7.95. The largest absolute Gasteiger partial charge is 0.439 e. The van der Waals surface area contributed by atoms with Crippen LogP contribution in [-0.2, 0) is 9.84 Å². The summed E-state index contributed by atoms with van der Waals surface area (Å²) in [6.45, 7) is 0. The molecule has 0 saturated heterocycles. The van der Waals surface area contributed by atoms with Crippen LogP contribution in [0.25, 0.3) is 0 Å². The molecule has 0 bridgehead atoms. The number of aromatic nitrogens is 1. The van der Waals surface area contributed by atoms with Crippen molar-refractivity contribution in [1.82, 2.24) is 4.98 Å². The molecule has 2 aromatic carbocycles. The molecule has 0 aliphatic carbocycles. The Bertz CT molecular complexity index is 1120. The van der Waals surface area contributed by atoms with E-state index in [4.69, 9.17) is 16.3 Å². The van der Waals surface area contributed by atoms with Crippen molar-refractivity contribution in [3.63, 3.8) is 0 Å². The maximum Gasteiger partial charge on any atom is 0.255 e. The molecule has 144 valence electrons. The van der Waals surface area contributed by atoms with Gasteiger partial charge in [0.1, 0.15) is 11.6 Å². The fourth-order valence-corrected chi connectivity index (χ4v) is 3.57. The standard InChI is InChI=1S/C19H14ClFN2O4S/c1-28(25,26)17-10-12(2-8-16(17)20)19(24)23-14-5-9-18(22-11-14)27-15-6-3-13(21)4-7-15/h2-11H,1H3,(H,23,24). The minimum atomic E-state index is -3.56. The van der Waals surface area contributed by atoms with Crippen molar-refractivity contribution >= 4 is 33.0 Å². The molecule has 1 amide bonds. The van der Waals surface area contributed by atoms with Gasteiger partial charge in [-0.2, -0.15) is 0 Å². The van der Waals surface area contributed by atoms with E-state index >= 15 is 0 Å². The van der Waals surface area contributed by atoms with Crippen molar-refractivity contribution in [2.45, 2.75) is 4.90 Å². The van der Waals surface area contributed by atoms with Gasteiger partial charge < -0.3 is 10.1 Å². The van der Waals surface area contributed by atoms with E-state index in [2.05, 4.69) is 10.3 Å². The minimum Gasteiger partial charge on any atom is -0.439 e. The number of nitrogens with zero attached hydrogens (tertiary/aromatic N) is 1. The number of rotatable bonds is 5. The summed E-state index contributed by atoms with van der Waals surface area (Å²) in [5, 5.41) is 2.65. The first-order valence-corrected chi connectivity index (χ1v) is 10.2. The SMILES string of the molecule is CS(=O)(=O)c1cc(C(=O)Nc2ccc(Oc3ccc(F)cc3)nc2)ccc1Cl. The quantitative estimate of drug-likeness (QED) is 0.664. The third-order valence-electron chi connectivity index (χ3n) is 3.62. The molecule has 6 nitrogen and oxygen atoms in total. The lowest BCUT2D eigenvalue weighted by Gasteiger charge is -2.09. The van der Waals surface area contributed by atoms with E-state index in [0.717, 1.165) is 6.26 Å². The first kappa shape index (κ1) is 19.8. The van der Waals surface area contributed by atoms with Crippen LogP contribution in [-0.4, -0.2) is 25.6 Å². The Kier molecular flexibility index (Phi) is 5.62. The number of carbonyl (C=O) groups excluding carboxylic acids is 1. The molecule has 28 heavy (non-hydrogen) atoms. The van der Waals surface area contributed by atoms with Crippen molar-refractivity contribution in [3.05, 3.63) is 77.2 Å². The number of halogens is 2. The Morgan fingerprint density at radius 3 is 2.43 bits per heavy atom. The molecule has 9 heteroatoms. The maximum atomic E-state index is 12.9. The summed E-state index contributed by atoms with van der Waals surface area (Å²) in [5.41, 5.74) is 0.517. The molecule has 1 aromatic heterocycles. The van der Waals surface area contributed by atoms with Crippen LogP contribution in [0.5, 0.6) is 11.6 Å². The van der Waals surface area contributed by atoms with Crippen molar-refractivity contribution in [2.24, 2.45) is 0 Å². The monoisotopic (exact) mass is 420 g/mol. The molecule has 1 heterocycles. The summed E-state index contributed by atoms with van der Waals surface area (Å²) in [4.78, 5) is 16.3. The zero-order valence-corrected chi connectivity index (χ0v) is 16.1. The molecule has 0 spiro atoms. The summed E-state index contributed by atoms with van der Waals surface area (Å²) < 4.78 is 41.8. The zero-order chi connectivity index (χ0) is 20.3. The Morgan fingerprint density at radius 2 is 1.82 bits per heavy atom. The van der Waals surface area contributed by atoms with E-state index < -0.39 is 15.7 Å². The van der Waals surface area contributed by atoms with Gasteiger partial charge in [-0.25, -0.2) is 17.8 Å². The Hall–Kier alpha value is -2.97. The molecule has 0 saturated carbocycles. The molecular weight excluding hydrogens is 407 g/mol. The zero-order valence-electron chi connectivity index (χ0n) is 14.5. The second-order valence-corrected chi connectivity index (χ2v) is 8.20. The lowest BCUT2D eigenvalue weighted by atomic mass is 10.2. The van der Waals surface area contributed by atoms with Crippen LogP contribution in [0.4, 0.5) is 10.1 Å². The number of ether oxygens (including phenoxy) is 1. The number of hydrogen-bond acceptors (Lipinski definition) is 5. The van der Waals surface area contributed by atoms with Crippen LogP contribution in [0.1, 0.15) is 10.4 Å². The van der Waals surface area contributed by atoms with Gasteiger partial charge in [0, 0.05) is 17.9 Å². The molecule has 0 radical (unpaired) electrons. The molecule has 1 N–H and O–H groups in total. The Balaban J connectivity index is 1.72. The van der Waals surface area contributed by atoms with Gasteiger partial charge in [-0.1, -0.05) is 11.6 Å². The highest BCUT2D eigenvalue weighted by Crippen LogP contribution is 2.24. The summed E-state index contributed by atoms with van der Waals surface area (Å²) in [6.07, 6.45) is 2.39. The van der Waals surface area contributed by atoms with Crippen molar-refractivity contribution in [2.75, 3.05) is 11.6 Å². The fraction of sp³-hybridized carbons (Fsp3) is 0.0526. The first-order chi connectivity index (χ1) is 13.2. The third-order valence-corrected chi connectivity index (χ3v) is 5.20. The fourth-order valence-electron chi connectivity index (χ4n) is 2.27. The first-order valence-electron chi connectivity index (χ1n) is 7.93. The highest BCUT2D eigenvalue weighted by atomic mass is 35.5. The number of amides is 1. The van der Waals surface area contributed by atoms with Crippen LogP contribution < -0.4 is 10.1 Å². The predicted molar refractivity (Wildman–Crippen MR) is 103 cm³/mol. The number of sulfone groups is 1. The summed E-state index contributed by atoms with van der Waals surface area (Å²) in [6, 6.07) is 12.5. The van der Waals surface area contributed by atoms with Gasteiger partial charge in [0.25, 0.3) is 5.91 Å². The van der Waals surface area contributed by atoms with Crippen molar-refractivity contribution < 1.29 is 22.3 Å². The average Bonchev–Trinajstić information content (AvgIpc) is 2.64. The van der Waals surface area contributed by atoms with E-state index in [1.165, 1.54) is 54.7 Å². The number of hydrogen-bond donors (Lipinski definition) is 1. The van der Waals surface area contributed by atoms with Gasteiger partial charge in [0.15, 0.2) is 9.84 Å². The highest BCUT2D eigenvalue weighted by molar-refractivity contribution is 7.90. The second-order valence-electron chi connectivity index (χ2n) is 5.81. The minimum absolute atomic E-state index is 0.0445. The van der Waals surface area contributed by atoms with Gasteiger partial charge in [0.2, 0.25) is 5.88 Å². The predicted octanol–water partition coefficient (Wildman–Crippen LogP) is 4.32. The molecule has 0 aliphatic heterocycles. The molecular formula is C19H14ClFN2O4S. The van der Waals surface area contributed by atoms with Crippen LogP contribution in [0, 0.1) is 5.82 Å². The van der Waals surface area contributed by atoms with Crippen LogP contribution in [0.15, 0.2) is 65.7 Å². The van der Waals surface area contributed by atoms with Gasteiger partial charge in [-0.3, -0.25) is 4.79 Å². The van der Waals surface area contributed by atoms with E-state index in [1.54, 1.807) is 6.07 Å². The van der Waals surface area contributed by atoms with Crippen LogP contribution >= 0.6 is 11.6 Å². The van der Waals surface area contributed by atoms with E-state index in [1.807, 2.05) is 0 Å². The molecule has 0 atom stereocenters. The number of nitrogens with one attached hydrogen (secondary N) is 1. The maximum absolute atomic E-state index is 12.9. The smallest absolute Gasteiger partial charge is 0.255 e. The van der Waals surface area contributed by atoms with Crippen LogP contribution in [0.2, 0.25) is 5.02 Å². The molecule has 0 aliphatic rings. The van der Waals surface area contributed by atoms with E-state index in [0.29, 0.717) is 11.4 Å². The lowest BCUT2D eigenvalue weighted by molar-refractivity contribution is 0.102. The Labute approximate surface area is 165 Å². The normalized spacial score (nSPS) is 11.1. The molecule has 0 unspecified atom stereocenters. The Morgan fingerprint density at radius 1 is 1.11 bits per heavy atom. The van der Waals surface area contributed by atoms with Crippen molar-refractivity contribution in [3.8, 4) is 11.6 Å². The van der Waals surface area contributed by atoms with E-state index in [9.17, 15) is 17.6 Å². The topological polar surface area (TPSA) is 85.4 Å². The average molecular weight is 421 g/mol. The summed E-state index contributed by atoms with van der Waals surface area (Å²) >= 11 is 5.88.